The average Bonchev–Trinajstić information content (AvgIpc) is 2.26. The minimum atomic E-state index is -0.0324. The summed E-state index contributed by atoms with van der Waals surface area (Å²) >= 11 is 3.42. The van der Waals surface area contributed by atoms with Crippen molar-refractivity contribution in [3.05, 3.63) is 45.7 Å². The molecule has 0 radical (unpaired) electrons. The van der Waals surface area contributed by atoms with Gasteiger partial charge in [-0.3, -0.25) is 4.79 Å². The summed E-state index contributed by atoms with van der Waals surface area (Å²) < 4.78 is 0. The van der Waals surface area contributed by atoms with Gasteiger partial charge in [-0.1, -0.05) is 48.0 Å². The van der Waals surface area contributed by atoms with Crippen LogP contribution in [-0.4, -0.2) is 4.98 Å². The quantitative estimate of drug-likeness (QED) is 0.838. The van der Waals surface area contributed by atoms with Gasteiger partial charge in [0.2, 0.25) is 5.56 Å². The summed E-state index contributed by atoms with van der Waals surface area (Å²) in [5, 5.41) is 1.83. The van der Waals surface area contributed by atoms with E-state index < -0.39 is 0 Å². The molecule has 0 aliphatic rings. The van der Waals surface area contributed by atoms with Crippen LogP contribution in [0.2, 0.25) is 0 Å². The number of alkyl halides is 1. The Morgan fingerprint density at radius 2 is 2.12 bits per heavy atom. The lowest BCUT2D eigenvalue weighted by Crippen LogP contribution is -2.07. The highest BCUT2D eigenvalue weighted by Gasteiger charge is 2.08. The number of nitrogens with one attached hydrogen (secondary N) is 1. The number of halogens is 1. The third-order valence-electron chi connectivity index (χ3n) is 2.76. The van der Waals surface area contributed by atoms with Crippen molar-refractivity contribution in [1.82, 2.24) is 4.98 Å². The van der Waals surface area contributed by atoms with Crippen molar-refractivity contribution < 1.29 is 0 Å². The number of rotatable bonds is 2. The normalized spacial score (nSPS) is 11.2. The lowest BCUT2D eigenvalue weighted by Gasteiger charge is -2.11. The summed E-state index contributed by atoms with van der Waals surface area (Å²) in [4.78, 5) is 14.5. The highest BCUT2D eigenvalue weighted by Crippen LogP contribution is 2.25. The lowest BCUT2D eigenvalue weighted by atomic mass is 9.98. The molecule has 2 aromatic rings. The lowest BCUT2D eigenvalue weighted by molar-refractivity contribution is 0.872. The van der Waals surface area contributed by atoms with Gasteiger partial charge in [0, 0.05) is 16.8 Å². The van der Waals surface area contributed by atoms with Crippen LogP contribution in [-0.2, 0) is 5.33 Å². The van der Waals surface area contributed by atoms with E-state index in [1.807, 2.05) is 12.1 Å². The predicted molar refractivity (Wildman–Crippen MR) is 71.3 cm³/mol. The number of hydrogen-bond donors (Lipinski definition) is 1. The maximum atomic E-state index is 11.6. The minimum Gasteiger partial charge on any atom is -0.322 e. The molecule has 1 aromatic carbocycles. The SMILES string of the molecule is CC(C)c1cccc2c(CBr)cc(=O)[nH]c12. The van der Waals surface area contributed by atoms with Crippen LogP contribution in [0, 0.1) is 0 Å². The van der Waals surface area contributed by atoms with Gasteiger partial charge in [-0.2, -0.15) is 0 Å². The van der Waals surface area contributed by atoms with E-state index in [4.69, 9.17) is 0 Å². The van der Waals surface area contributed by atoms with Crippen molar-refractivity contribution in [2.75, 3.05) is 0 Å². The second-order valence-electron chi connectivity index (χ2n) is 4.22. The molecular formula is C13H14BrNO. The molecular weight excluding hydrogens is 266 g/mol. The fraction of sp³-hybridized carbons (Fsp3) is 0.308. The van der Waals surface area contributed by atoms with E-state index in [1.165, 1.54) is 5.56 Å². The Balaban J connectivity index is 2.87. The molecule has 3 heteroatoms. The van der Waals surface area contributed by atoms with Crippen LogP contribution in [0.15, 0.2) is 29.1 Å². The molecule has 1 aromatic heterocycles. The molecule has 0 fully saturated rings. The molecule has 0 aliphatic carbocycles. The van der Waals surface area contributed by atoms with Crippen molar-refractivity contribution in [2.24, 2.45) is 0 Å². The molecule has 0 amide bonds. The van der Waals surface area contributed by atoms with Crippen LogP contribution >= 0.6 is 15.9 Å². The minimum absolute atomic E-state index is 0.0324. The largest absolute Gasteiger partial charge is 0.322 e. The molecule has 0 bridgehead atoms. The first-order chi connectivity index (χ1) is 7.63. The molecule has 2 nitrogen and oxygen atoms in total. The van der Waals surface area contributed by atoms with Crippen molar-refractivity contribution in [3.8, 4) is 0 Å². The van der Waals surface area contributed by atoms with Crippen molar-refractivity contribution in [1.29, 1.82) is 0 Å². The number of para-hydroxylation sites is 1. The van der Waals surface area contributed by atoms with Crippen LogP contribution < -0.4 is 5.56 Å². The van der Waals surface area contributed by atoms with E-state index in [-0.39, 0.29) is 5.56 Å². The van der Waals surface area contributed by atoms with Gasteiger partial charge >= 0.3 is 0 Å². The van der Waals surface area contributed by atoms with Crippen LogP contribution in [0.1, 0.15) is 30.9 Å². The summed E-state index contributed by atoms with van der Waals surface area (Å²) in [5.74, 6) is 0.407. The van der Waals surface area contributed by atoms with Crippen LogP contribution in [0.3, 0.4) is 0 Å². The Kier molecular flexibility index (Phi) is 3.15. The van der Waals surface area contributed by atoms with Crippen LogP contribution in [0.25, 0.3) is 10.9 Å². The second kappa shape index (κ2) is 4.42. The number of H-pyrrole nitrogens is 1. The monoisotopic (exact) mass is 279 g/mol. The topological polar surface area (TPSA) is 32.9 Å². The van der Waals surface area contributed by atoms with Gasteiger partial charge in [0.15, 0.2) is 0 Å². The van der Waals surface area contributed by atoms with Gasteiger partial charge in [-0.15, -0.1) is 0 Å². The average molecular weight is 280 g/mol. The molecule has 1 N–H and O–H groups in total. The maximum absolute atomic E-state index is 11.6. The Morgan fingerprint density at radius 3 is 2.75 bits per heavy atom. The first-order valence-corrected chi connectivity index (χ1v) is 6.46. The van der Waals surface area contributed by atoms with Crippen molar-refractivity contribution in [2.45, 2.75) is 25.1 Å². The summed E-state index contributed by atoms with van der Waals surface area (Å²) in [6.07, 6.45) is 0. The number of hydrogen-bond acceptors (Lipinski definition) is 1. The molecule has 0 saturated carbocycles. The van der Waals surface area contributed by atoms with E-state index in [0.717, 1.165) is 16.5 Å². The zero-order chi connectivity index (χ0) is 11.7. The van der Waals surface area contributed by atoms with E-state index in [2.05, 4.69) is 40.8 Å². The van der Waals surface area contributed by atoms with Crippen LogP contribution in [0.5, 0.6) is 0 Å². The zero-order valence-electron chi connectivity index (χ0n) is 9.38. The second-order valence-corrected chi connectivity index (χ2v) is 4.78. The number of fused-ring (bicyclic) bond motifs is 1. The molecule has 0 unspecified atom stereocenters. The summed E-state index contributed by atoms with van der Waals surface area (Å²) in [5.41, 5.74) is 3.17. The van der Waals surface area contributed by atoms with E-state index in [1.54, 1.807) is 6.07 Å². The summed E-state index contributed by atoms with van der Waals surface area (Å²) in [6, 6.07) is 7.82. The smallest absolute Gasteiger partial charge is 0.248 e. The Hall–Kier alpha value is -1.09. The standard InChI is InChI=1S/C13H14BrNO/c1-8(2)10-4-3-5-11-9(7-14)6-12(16)15-13(10)11/h3-6,8H,7H2,1-2H3,(H,15,16). The first-order valence-electron chi connectivity index (χ1n) is 5.34. The third-order valence-corrected chi connectivity index (χ3v) is 3.37. The number of aromatic amines is 1. The van der Waals surface area contributed by atoms with E-state index in [9.17, 15) is 4.79 Å². The van der Waals surface area contributed by atoms with Crippen LogP contribution in [0.4, 0.5) is 0 Å². The van der Waals surface area contributed by atoms with Gasteiger partial charge in [0.1, 0.15) is 0 Å². The van der Waals surface area contributed by atoms with Gasteiger partial charge in [-0.05, 0) is 17.0 Å². The first kappa shape index (κ1) is 11.4. The number of aromatic nitrogens is 1. The highest BCUT2D eigenvalue weighted by atomic mass is 79.9. The van der Waals surface area contributed by atoms with Gasteiger partial charge < -0.3 is 4.98 Å². The van der Waals surface area contributed by atoms with E-state index >= 15 is 0 Å². The predicted octanol–water partition coefficient (Wildman–Crippen LogP) is 3.55. The van der Waals surface area contributed by atoms with Gasteiger partial charge in [0.05, 0.1) is 5.52 Å². The highest BCUT2D eigenvalue weighted by molar-refractivity contribution is 9.08. The molecule has 2 rings (SSSR count). The van der Waals surface area contributed by atoms with E-state index in [0.29, 0.717) is 11.2 Å². The number of benzene rings is 1. The Morgan fingerprint density at radius 1 is 1.38 bits per heavy atom. The van der Waals surface area contributed by atoms with Crippen molar-refractivity contribution >= 4 is 26.8 Å². The van der Waals surface area contributed by atoms with Crippen molar-refractivity contribution in [3.63, 3.8) is 0 Å². The summed E-state index contributed by atoms with van der Waals surface area (Å²) in [6.45, 7) is 4.27. The molecule has 16 heavy (non-hydrogen) atoms. The molecule has 0 aliphatic heterocycles. The molecule has 0 atom stereocenters. The molecule has 84 valence electrons. The van der Waals surface area contributed by atoms with Gasteiger partial charge in [-0.25, -0.2) is 0 Å². The third kappa shape index (κ3) is 1.92. The van der Waals surface area contributed by atoms with Gasteiger partial charge in [0.25, 0.3) is 0 Å². The number of pyridine rings is 1. The molecule has 0 spiro atoms. The summed E-state index contributed by atoms with van der Waals surface area (Å²) in [7, 11) is 0. The molecule has 1 heterocycles. The zero-order valence-corrected chi connectivity index (χ0v) is 11.0. The Labute approximate surface area is 103 Å². The fourth-order valence-corrected chi connectivity index (χ4v) is 2.43. The maximum Gasteiger partial charge on any atom is 0.248 e. The fourth-order valence-electron chi connectivity index (χ4n) is 1.96. The Bertz CT molecular complexity index is 572. The molecule has 0 saturated heterocycles.